The van der Waals surface area contributed by atoms with Crippen molar-refractivity contribution in [2.75, 3.05) is 5.32 Å². The van der Waals surface area contributed by atoms with Gasteiger partial charge >= 0.3 is 0 Å². The van der Waals surface area contributed by atoms with Crippen molar-refractivity contribution in [2.24, 2.45) is 11.7 Å². The minimum atomic E-state index is -0.233. The standard InChI is InChI=1S/C12H14BrN3OS2/c1-6(7(2)14)11(17)16-12-15-9(5-19-12)10-3-8(13)4-18-10/h3-7H,14H2,1-2H3,(H,15,16,17). The number of carbonyl (C=O) groups is 1. The van der Waals surface area contributed by atoms with Gasteiger partial charge in [-0.3, -0.25) is 4.79 Å². The molecule has 19 heavy (non-hydrogen) atoms. The monoisotopic (exact) mass is 359 g/mol. The fourth-order valence-electron chi connectivity index (χ4n) is 1.35. The van der Waals surface area contributed by atoms with Gasteiger partial charge in [-0.25, -0.2) is 4.98 Å². The highest BCUT2D eigenvalue weighted by Crippen LogP contribution is 2.32. The first-order valence-corrected chi connectivity index (χ1v) is 8.29. The van der Waals surface area contributed by atoms with Crippen molar-refractivity contribution in [3.8, 4) is 10.6 Å². The second kappa shape index (κ2) is 6.13. The van der Waals surface area contributed by atoms with Crippen molar-refractivity contribution >= 4 is 49.6 Å². The van der Waals surface area contributed by atoms with Gasteiger partial charge in [0.2, 0.25) is 5.91 Å². The minimum Gasteiger partial charge on any atom is -0.327 e. The van der Waals surface area contributed by atoms with Crippen molar-refractivity contribution in [2.45, 2.75) is 19.9 Å². The number of carbonyl (C=O) groups excluding carboxylic acids is 1. The first kappa shape index (κ1) is 14.6. The van der Waals surface area contributed by atoms with E-state index in [1.165, 1.54) is 11.3 Å². The van der Waals surface area contributed by atoms with Crippen LogP contribution >= 0.6 is 38.6 Å². The van der Waals surface area contributed by atoms with Crippen LogP contribution in [0.4, 0.5) is 5.13 Å². The number of nitrogens with zero attached hydrogens (tertiary/aromatic N) is 1. The summed E-state index contributed by atoms with van der Waals surface area (Å²) in [7, 11) is 0. The van der Waals surface area contributed by atoms with Crippen LogP contribution in [0.3, 0.4) is 0 Å². The number of amides is 1. The van der Waals surface area contributed by atoms with Crippen LogP contribution in [-0.4, -0.2) is 16.9 Å². The number of rotatable bonds is 4. The predicted octanol–water partition coefficient (Wildman–Crippen LogP) is 3.56. The van der Waals surface area contributed by atoms with Gasteiger partial charge < -0.3 is 11.1 Å². The first-order chi connectivity index (χ1) is 8.97. The molecule has 7 heteroatoms. The van der Waals surface area contributed by atoms with E-state index in [9.17, 15) is 4.79 Å². The zero-order chi connectivity index (χ0) is 14.0. The normalized spacial score (nSPS) is 14.1. The summed E-state index contributed by atoms with van der Waals surface area (Å²) in [6.45, 7) is 3.63. The average molecular weight is 360 g/mol. The number of anilines is 1. The highest BCUT2D eigenvalue weighted by molar-refractivity contribution is 9.10. The van der Waals surface area contributed by atoms with Gasteiger partial charge in [0.1, 0.15) is 0 Å². The van der Waals surface area contributed by atoms with Gasteiger partial charge in [-0.05, 0) is 28.9 Å². The lowest BCUT2D eigenvalue weighted by atomic mass is 10.0. The second-order valence-electron chi connectivity index (χ2n) is 4.30. The van der Waals surface area contributed by atoms with Crippen LogP contribution in [0.5, 0.6) is 0 Å². The predicted molar refractivity (Wildman–Crippen MR) is 84.6 cm³/mol. The Balaban J connectivity index is 2.08. The Hall–Kier alpha value is -0.760. The Bertz CT molecular complexity index is 579. The molecule has 0 fully saturated rings. The fourth-order valence-corrected chi connectivity index (χ4v) is 3.53. The van der Waals surface area contributed by atoms with E-state index < -0.39 is 0 Å². The molecule has 0 saturated carbocycles. The van der Waals surface area contributed by atoms with Gasteiger partial charge in [-0.1, -0.05) is 6.92 Å². The molecular formula is C12H14BrN3OS2. The molecule has 102 valence electrons. The quantitative estimate of drug-likeness (QED) is 0.876. The summed E-state index contributed by atoms with van der Waals surface area (Å²) >= 11 is 6.44. The zero-order valence-corrected chi connectivity index (χ0v) is 13.7. The summed E-state index contributed by atoms with van der Waals surface area (Å²) in [6, 6.07) is 1.84. The summed E-state index contributed by atoms with van der Waals surface area (Å²) in [6.07, 6.45) is 0. The number of hydrogen-bond donors (Lipinski definition) is 2. The number of hydrogen-bond acceptors (Lipinski definition) is 5. The molecule has 0 aliphatic carbocycles. The molecule has 2 rings (SSSR count). The van der Waals surface area contributed by atoms with Crippen LogP contribution in [0.25, 0.3) is 10.6 Å². The van der Waals surface area contributed by atoms with Gasteiger partial charge in [-0.2, -0.15) is 0 Å². The van der Waals surface area contributed by atoms with Gasteiger partial charge in [0.05, 0.1) is 16.5 Å². The Kier molecular flexibility index (Phi) is 4.72. The molecule has 2 aromatic heterocycles. The fraction of sp³-hybridized carbons (Fsp3) is 0.333. The molecule has 0 spiro atoms. The molecule has 0 radical (unpaired) electrons. The SMILES string of the molecule is CC(N)C(C)C(=O)Nc1nc(-c2cc(Br)cs2)cs1. The van der Waals surface area contributed by atoms with E-state index in [0.717, 1.165) is 15.0 Å². The third-order valence-electron chi connectivity index (χ3n) is 2.76. The van der Waals surface area contributed by atoms with Crippen LogP contribution in [0.15, 0.2) is 21.3 Å². The van der Waals surface area contributed by atoms with E-state index >= 15 is 0 Å². The molecule has 4 nitrogen and oxygen atoms in total. The van der Waals surface area contributed by atoms with Crippen molar-refractivity contribution < 1.29 is 4.79 Å². The summed E-state index contributed by atoms with van der Waals surface area (Å²) in [5.41, 5.74) is 6.59. The highest BCUT2D eigenvalue weighted by Gasteiger charge is 2.18. The van der Waals surface area contributed by atoms with Gasteiger partial charge in [-0.15, -0.1) is 22.7 Å². The molecule has 0 aromatic carbocycles. The minimum absolute atomic E-state index is 0.0942. The Labute approximate surface area is 128 Å². The highest BCUT2D eigenvalue weighted by atomic mass is 79.9. The molecule has 2 atom stereocenters. The van der Waals surface area contributed by atoms with Gasteiger partial charge in [0.25, 0.3) is 0 Å². The van der Waals surface area contributed by atoms with Gasteiger partial charge in [0.15, 0.2) is 5.13 Å². The number of aromatic nitrogens is 1. The molecule has 0 aliphatic rings. The number of nitrogens with two attached hydrogens (primary N) is 1. The molecule has 2 unspecified atom stereocenters. The average Bonchev–Trinajstić information content (AvgIpc) is 2.96. The molecule has 1 amide bonds. The molecule has 2 aromatic rings. The molecule has 0 bridgehead atoms. The zero-order valence-electron chi connectivity index (χ0n) is 10.5. The number of halogens is 1. The topological polar surface area (TPSA) is 68.0 Å². The number of thiazole rings is 1. The number of nitrogens with one attached hydrogen (secondary N) is 1. The maximum atomic E-state index is 11.9. The molecule has 0 saturated heterocycles. The summed E-state index contributed by atoms with van der Waals surface area (Å²) < 4.78 is 1.04. The van der Waals surface area contributed by atoms with Crippen LogP contribution < -0.4 is 11.1 Å². The van der Waals surface area contributed by atoms with E-state index in [0.29, 0.717) is 5.13 Å². The first-order valence-electron chi connectivity index (χ1n) is 5.73. The summed E-state index contributed by atoms with van der Waals surface area (Å²) in [5, 5.41) is 7.35. The van der Waals surface area contributed by atoms with Crippen LogP contribution in [0, 0.1) is 5.92 Å². The van der Waals surface area contributed by atoms with E-state index in [4.69, 9.17) is 5.73 Å². The Morgan fingerprint density at radius 2 is 2.16 bits per heavy atom. The molecular weight excluding hydrogens is 346 g/mol. The third kappa shape index (κ3) is 3.62. The van der Waals surface area contributed by atoms with Crippen molar-refractivity contribution in [3.63, 3.8) is 0 Å². The maximum Gasteiger partial charge on any atom is 0.230 e. The van der Waals surface area contributed by atoms with E-state index in [1.54, 1.807) is 11.3 Å². The van der Waals surface area contributed by atoms with Crippen LogP contribution in [-0.2, 0) is 4.79 Å². The number of thiophene rings is 1. The van der Waals surface area contributed by atoms with Gasteiger partial charge in [0, 0.05) is 21.3 Å². The second-order valence-corrected chi connectivity index (χ2v) is 6.99. The molecule has 0 aliphatic heterocycles. The van der Waals surface area contributed by atoms with Crippen molar-refractivity contribution in [1.82, 2.24) is 4.98 Å². The lowest BCUT2D eigenvalue weighted by molar-refractivity contribution is -0.119. The van der Waals surface area contributed by atoms with Crippen LogP contribution in [0.1, 0.15) is 13.8 Å². The van der Waals surface area contributed by atoms with Crippen molar-refractivity contribution in [3.05, 3.63) is 21.3 Å². The Morgan fingerprint density at radius 1 is 1.42 bits per heavy atom. The van der Waals surface area contributed by atoms with E-state index in [2.05, 4.69) is 26.2 Å². The van der Waals surface area contributed by atoms with E-state index in [1.807, 2.05) is 30.7 Å². The molecule has 3 N–H and O–H groups in total. The Morgan fingerprint density at radius 3 is 2.74 bits per heavy atom. The van der Waals surface area contributed by atoms with Crippen LogP contribution in [0.2, 0.25) is 0 Å². The largest absolute Gasteiger partial charge is 0.327 e. The maximum absolute atomic E-state index is 11.9. The van der Waals surface area contributed by atoms with Crippen molar-refractivity contribution in [1.29, 1.82) is 0 Å². The third-order valence-corrected chi connectivity index (χ3v) is 5.23. The molecule has 2 heterocycles. The van der Waals surface area contributed by atoms with E-state index in [-0.39, 0.29) is 17.9 Å². The summed E-state index contributed by atoms with van der Waals surface area (Å²) in [4.78, 5) is 17.4. The lowest BCUT2D eigenvalue weighted by Crippen LogP contribution is -2.34. The smallest absolute Gasteiger partial charge is 0.230 e. The lowest BCUT2D eigenvalue weighted by Gasteiger charge is -2.13. The summed E-state index contributed by atoms with van der Waals surface area (Å²) in [5.74, 6) is -0.327.